The Labute approximate surface area is 151 Å². The molecule has 0 radical (unpaired) electrons. The molecule has 1 fully saturated rings. The highest BCUT2D eigenvalue weighted by atomic mass is 16.2. The number of nitrogens with one attached hydrogen (secondary N) is 1. The second-order valence-corrected chi connectivity index (χ2v) is 6.85. The van der Waals surface area contributed by atoms with Crippen LogP contribution in [0.15, 0.2) is 60.7 Å². The summed E-state index contributed by atoms with van der Waals surface area (Å²) < 4.78 is 0. The van der Waals surface area contributed by atoms with Crippen molar-refractivity contribution in [2.45, 2.75) is 38.0 Å². The molecule has 2 aromatic carbocycles. The minimum absolute atomic E-state index is 0.103. The first kappa shape index (κ1) is 17.5. The molecule has 3 nitrogen and oxygen atoms in total. The zero-order chi connectivity index (χ0) is 17.3. The maximum atomic E-state index is 12.3. The second kappa shape index (κ2) is 9.26. The lowest BCUT2D eigenvalue weighted by atomic mass is 9.90. The third kappa shape index (κ3) is 5.35. The predicted octanol–water partition coefficient (Wildman–Crippen LogP) is 4.60. The maximum absolute atomic E-state index is 12.3. The van der Waals surface area contributed by atoms with E-state index in [1.807, 2.05) is 11.0 Å². The van der Waals surface area contributed by atoms with E-state index < -0.39 is 0 Å². The summed E-state index contributed by atoms with van der Waals surface area (Å²) in [5, 5.41) is 3.08. The van der Waals surface area contributed by atoms with E-state index in [0.29, 0.717) is 5.92 Å². The first-order valence-corrected chi connectivity index (χ1v) is 9.44. The van der Waals surface area contributed by atoms with Crippen molar-refractivity contribution in [3.05, 3.63) is 71.8 Å². The molecule has 0 aliphatic carbocycles. The molecule has 25 heavy (non-hydrogen) atoms. The van der Waals surface area contributed by atoms with Gasteiger partial charge in [-0.25, -0.2) is 4.79 Å². The SMILES string of the molecule is O=C(NCCCCc1ccccc1)N1CCC(c2ccccc2)CC1. The summed E-state index contributed by atoms with van der Waals surface area (Å²) in [5.74, 6) is 0.594. The van der Waals surface area contributed by atoms with E-state index in [4.69, 9.17) is 0 Å². The average Bonchev–Trinajstić information content (AvgIpc) is 2.69. The lowest BCUT2D eigenvalue weighted by molar-refractivity contribution is 0.181. The van der Waals surface area contributed by atoms with E-state index >= 15 is 0 Å². The van der Waals surface area contributed by atoms with Gasteiger partial charge in [0.05, 0.1) is 0 Å². The molecule has 1 N–H and O–H groups in total. The number of urea groups is 1. The quantitative estimate of drug-likeness (QED) is 0.768. The molecule has 2 amide bonds. The molecule has 2 aromatic rings. The molecule has 0 aromatic heterocycles. The fraction of sp³-hybridized carbons (Fsp3) is 0.409. The summed E-state index contributed by atoms with van der Waals surface area (Å²) in [4.78, 5) is 14.3. The van der Waals surface area contributed by atoms with E-state index in [2.05, 4.69) is 59.9 Å². The number of hydrogen-bond acceptors (Lipinski definition) is 1. The molecule has 0 atom stereocenters. The van der Waals surface area contributed by atoms with Crippen molar-refractivity contribution in [1.29, 1.82) is 0 Å². The summed E-state index contributed by atoms with van der Waals surface area (Å²) in [6.07, 6.45) is 5.34. The Balaban J connectivity index is 1.31. The van der Waals surface area contributed by atoms with Gasteiger partial charge in [-0.15, -0.1) is 0 Å². The average molecular weight is 336 g/mol. The van der Waals surface area contributed by atoms with E-state index in [-0.39, 0.29) is 6.03 Å². The summed E-state index contributed by atoms with van der Waals surface area (Å²) in [5.41, 5.74) is 2.78. The Kier molecular flexibility index (Phi) is 6.49. The molecule has 0 spiro atoms. The molecule has 1 saturated heterocycles. The maximum Gasteiger partial charge on any atom is 0.317 e. The van der Waals surface area contributed by atoms with Crippen LogP contribution in [0.2, 0.25) is 0 Å². The van der Waals surface area contributed by atoms with Crippen LogP contribution in [0.5, 0.6) is 0 Å². The fourth-order valence-electron chi connectivity index (χ4n) is 3.55. The largest absolute Gasteiger partial charge is 0.338 e. The number of nitrogens with zero attached hydrogens (tertiary/aromatic N) is 1. The molecule has 3 rings (SSSR count). The highest BCUT2D eigenvalue weighted by Gasteiger charge is 2.23. The molecular formula is C22H28N2O. The van der Waals surface area contributed by atoms with Gasteiger partial charge in [0.15, 0.2) is 0 Å². The highest BCUT2D eigenvalue weighted by molar-refractivity contribution is 5.74. The second-order valence-electron chi connectivity index (χ2n) is 6.85. The molecule has 1 heterocycles. The van der Waals surface area contributed by atoms with E-state index in [1.54, 1.807) is 0 Å². The molecule has 3 heteroatoms. The van der Waals surface area contributed by atoms with Crippen LogP contribution in [0, 0.1) is 0 Å². The molecule has 1 aliphatic heterocycles. The van der Waals surface area contributed by atoms with Gasteiger partial charge >= 0.3 is 6.03 Å². The van der Waals surface area contributed by atoms with Crippen LogP contribution in [0.3, 0.4) is 0 Å². The van der Waals surface area contributed by atoms with Gasteiger partial charge in [0.2, 0.25) is 0 Å². The van der Waals surface area contributed by atoms with Crippen molar-refractivity contribution in [1.82, 2.24) is 10.2 Å². The Morgan fingerprint density at radius 2 is 1.56 bits per heavy atom. The van der Waals surface area contributed by atoms with Crippen LogP contribution in [0.1, 0.15) is 42.7 Å². The number of carbonyl (C=O) groups excluding carboxylic acids is 1. The summed E-state index contributed by atoms with van der Waals surface area (Å²) in [6.45, 7) is 2.48. The third-order valence-corrected chi connectivity index (χ3v) is 5.06. The van der Waals surface area contributed by atoms with Crippen molar-refractivity contribution < 1.29 is 4.79 Å². The third-order valence-electron chi connectivity index (χ3n) is 5.06. The predicted molar refractivity (Wildman–Crippen MR) is 103 cm³/mol. The molecule has 132 valence electrons. The van der Waals surface area contributed by atoms with Crippen LogP contribution < -0.4 is 5.32 Å². The molecular weight excluding hydrogens is 308 g/mol. The topological polar surface area (TPSA) is 32.3 Å². The fourth-order valence-corrected chi connectivity index (χ4v) is 3.55. The number of aryl methyl sites for hydroxylation is 1. The van der Waals surface area contributed by atoms with E-state index in [1.165, 1.54) is 11.1 Å². The number of likely N-dealkylation sites (tertiary alicyclic amines) is 1. The van der Waals surface area contributed by atoms with E-state index in [9.17, 15) is 4.79 Å². The van der Waals surface area contributed by atoms with Gasteiger partial charge in [-0.2, -0.15) is 0 Å². The molecule has 0 saturated carbocycles. The van der Waals surface area contributed by atoms with E-state index in [0.717, 1.165) is 51.7 Å². The summed E-state index contributed by atoms with van der Waals surface area (Å²) in [7, 11) is 0. The summed E-state index contributed by atoms with van der Waals surface area (Å²) >= 11 is 0. The minimum atomic E-state index is 0.103. The van der Waals surface area contributed by atoms with Crippen LogP contribution in [-0.4, -0.2) is 30.6 Å². The van der Waals surface area contributed by atoms with Gasteiger partial charge in [0.25, 0.3) is 0 Å². The lowest BCUT2D eigenvalue weighted by Crippen LogP contribution is -2.44. The zero-order valence-corrected chi connectivity index (χ0v) is 14.9. The minimum Gasteiger partial charge on any atom is -0.338 e. The Morgan fingerprint density at radius 3 is 2.24 bits per heavy atom. The van der Waals surface area contributed by atoms with Gasteiger partial charge in [0, 0.05) is 19.6 Å². The van der Waals surface area contributed by atoms with Gasteiger partial charge in [-0.3, -0.25) is 0 Å². The Hall–Kier alpha value is -2.29. The number of hydrogen-bond donors (Lipinski definition) is 1. The van der Waals surface area contributed by atoms with Crippen molar-refractivity contribution in [3.63, 3.8) is 0 Å². The Morgan fingerprint density at radius 1 is 0.920 bits per heavy atom. The zero-order valence-electron chi connectivity index (χ0n) is 14.9. The highest BCUT2D eigenvalue weighted by Crippen LogP contribution is 2.27. The number of amides is 2. The van der Waals surface area contributed by atoms with Crippen LogP contribution in [0.4, 0.5) is 4.79 Å². The Bertz CT molecular complexity index is 634. The molecule has 1 aliphatic rings. The first-order chi connectivity index (χ1) is 12.3. The first-order valence-electron chi connectivity index (χ1n) is 9.44. The molecule has 0 bridgehead atoms. The summed E-state index contributed by atoms with van der Waals surface area (Å²) in [6, 6.07) is 21.3. The van der Waals surface area contributed by atoms with Gasteiger partial charge in [-0.1, -0.05) is 60.7 Å². The van der Waals surface area contributed by atoms with Gasteiger partial charge in [-0.05, 0) is 49.1 Å². The van der Waals surface area contributed by atoms with Crippen LogP contribution in [0.25, 0.3) is 0 Å². The van der Waals surface area contributed by atoms with Crippen LogP contribution in [-0.2, 0) is 6.42 Å². The lowest BCUT2D eigenvalue weighted by Gasteiger charge is -2.32. The normalized spacial score (nSPS) is 15.1. The monoisotopic (exact) mass is 336 g/mol. The standard InChI is InChI=1S/C22H28N2O/c25-22(23-16-8-7-11-19-9-3-1-4-10-19)24-17-14-21(15-18-24)20-12-5-2-6-13-20/h1-6,9-10,12-13,21H,7-8,11,14-18H2,(H,23,25). The number of piperidine rings is 1. The van der Waals surface area contributed by atoms with Crippen molar-refractivity contribution >= 4 is 6.03 Å². The number of carbonyl (C=O) groups is 1. The van der Waals surface area contributed by atoms with Crippen molar-refractivity contribution in [2.75, 3.05) is 19.6 Å². The smallest absolute Gasteiger partial charge is 0.317 e. The van der Waals surface area contributed by atoms with Crippen LogP contribution >= 0.6 is 0 Å². The van der Waals surface area contributed by atoms with Crippen molar-refractivity contribution in [3.8, 4) is 0 Å². The molecule has 0 unspecified atom stereocenters. The number of benzene rings is 2. The van der Waals surface area contributed by atoms with Gasteiger partial charge < -0.3 is 10.2 Å². The van der Waals surface area contributed by atoms with Crippen molar-refractivity contribution in [2.24, 2.45) is 0 Å². The number of unbranched alkanes of at least 4 members (excludes halogenated alkanes) is 1. The number of rotatable bonds is 6. The van der Waals surface area contributed by atoms with Gasteiger partial charge in [0.1, 0.15) is 0 Å².